The van der Waals surface area contributed by atoms with Crippen molar-refractivity contribution in [3.05, 3.63) is 34.9 Å². The number of benzene rings is 1. The third kappa shape index (κ3) is 3.95. The van der Waals surface area contributed by atoms with Crippen LogP contribution >= 0.6 is 0 Å². The molecule has 4 nitrogen and oxygen atoms in total. The highest BCUT2D eigenvalue weighted by Crippen LogP contribution is 2.12. The van der Waals surface area contributed by atoms with Crippen LogP contribution < -0.4 is 5.32 Å². The van der Waals surface area contributed by atoms with Crippen LogP contribution in [0.3, 0.4) is 0 Å². The van der Waals surface area contributed by atoms with Crippen LogP contribution in [0.5, 0.6) is 0 Å². The summed E-state index contributed by atoms with van der Waals surface area (Å²) in [6.07, 6.45) is 0.493. The van der Waals surface area contributed by atoms with Gasteiger partial charge in [-0.2, -0.15) is 0 Å². The molecule has 1 aromatic carbocycles. The number of carboxylic acids is 1. The van der Waals surface area contributed by atoms with Crippen molar-refractivity contribution in [3.63, 3.8) is 0 Å². The summed E-state index contributed by atoms with van der Waals surface area (Å²) in [6, 6.07) is 5.05. The van der Waals surface area contributed by atoms with Gasteiger partial charge in [0.15, 0.2) is 0 Å². The lowest BCUT2D eigenvalue weighted by atomic mass is 10.0. The van der Waals surface area contributed by atoms with Gasteiger partial charge in [-0.25, -0.2) is 4.79 Å². The van der Waals surface area contributed by atoms with E-state index in [-0.39, 0.29) is 11.5 Å². The normalized spacial score (nSPS) is 9.22. The molecule has 1 amide bonds. The smallest absolute Gasteiger partial charge is 0.336 e. The number of nitrogens with one attached hydrogen (secondary N) is 1. The lowest BCUT2D eigenvalue weighted by Gasteiger charge is -2.02. The van der Waals surface area contributed by atoms with Gasteiger partial charge in [0.25, 0.3) is 0 Å². The standard InChI is InChI=1S/C14H15NO3/c1-10-6-5-8-13(14(17)18)12(10)7-3-4-9-15-11(2)16/h5-6,8H,4,9H2,1-2H3,(H,15,16)(H,17,18). The molecular formula is C14H15NO3. The van der Waals surface area contributed by atoms with E-state index in [0.717, 1.165) is 5.56 Å². The monoisotopic (exact) mass is 245 g/mol. The number of carboxylic acid groups (broad SMARTS) is 1. The first-order chi connectivity index (χ1) is 8.52. The molecule has 0 aliphatic carbocycles. The van der Waals surface area contributed by atoms with Gasteiger partial charge in [0.2, 0.25) is 5.91 Å². The number of aromatic carboxylic acids is 1. The Bertz CT molecular complexity index is 524. The fourth-order valence-electron chi connectivity index (χ4n) is 1.46. The Hall–Kier alpha value is -2.28. The number of aryl methyl sites for hydroxylation is 1. The number of amides is 1. The molecule has 0 aliphatic rings. The van der Waals surface area contributed by atoms with E-state index in [1.807, 2.05) is 13.0 Å². The number of carbonyl (C=O) groups is 2. The predicted molar refractivity (Wildman–Crippen MR) is 68.3 cm³/mol. The van der Waals surface area contributed by atoms with Crippen LogP contribution in [0.1, 0.15) is 34.8 Å². The van der Waals surface area contributed by atoms with Gasteiger partial charge in [0.1, 0.15) is 0 Å². The maximum absolute atomic E-state index is 11.0. The zero-order chi connectivity index (χ0) is 13.5. The zero-order valence-corrected chi connectivity index (χ0v) is 10.4. The number of carbonyl (C=O) groups excluding carboxylic acids is 1. The van der Waals surface area contributed by atoms with E-state index in [1.54, 1.807) is 6.07 Å². The Balaban J connectivity index is 2.81. The maximum atomic E-state index is 11.0. The van der Waals surface area contributed by atoms with Crippen LogP contribution in [0.2, 0.25) is 0 Å². The molecule has 0 aliphatic heterocycles. The van der Waals surface area contributed by atoms with Crippen molar-refractivity contribution in [2.24, 2.45) is 0 Å². The second kappa shape index (κ2) is 6.45. The molecule has 18 heavy (non-hydrogen) atoms. The fraction of sp³-hybridized carbons (Fsp3) is 0.286. The van der Waals surface area contributed by atoms with Crippen molar-refractivity contribution in [2.45, 2.75) is 20.3 Å². The minimum Gasteiger partial charge on any atom is -0.478 e. The van der Waals surface area contributed by atoms with E-state index in [1.165, 1.54) is 13.0 Å². The molecule has 0 heterocycles. The van der Waals surface area contributed by atoms with E-state index in [4.69, 9.17) is 5.11 Å². The summed E-state index contributed by atoms with van der Waals surface area (Å²) < 4.78 is 0. The van der Waals surface area contributed by atoms with Crippen molar-refractivity contribution in [3.8, 4) is 11.8 Å². The summed E-state index contributed by atoms with van der Waals surface area (Å²) in [5.41, 5.74) is 1.58. The average molecular weight is 245 g/mol. The van der Waals surface area contributed by atoms with Gasteiger partial charge in [0, 0.05) is 25.5 Å². The highest BCUT2D eigenvalue weighted by molar-refractivity contribution is 5.91. The molecule has 0 bridgehead atoms. The highest BCUT2D eigenvalue weighted by Gasteiger charge is 2.09. The third-order valence-corrected chi connectivity index (χ3v) is 2.34. The summed E-state index contributed by atoms with van der Waals surface area (Å²) in [4.78, 5) is 21.7. The van der Waals surface area contributed by atoms with Crippen LogP contribution in [0.15, 0.2) is 18.2 Å². The van der Waals surface area contributed by atoms with Gasteiger partial charge >= 0.3 is 5.97 Å². The number of hydrogen-bond donors (Lipinski definition) is 2. The molecule has 0 saturated heterocycles. The summed E-state index contributed by atoms with van der Waals surface area (Å²) in [6.45, 7) is 3.73. The quantitative estimate of drug-likeness (QED) is 0.627. The Morgan fingerprint density at radius 2 is 2.11 bits per heavy atom. The number of hydrogen-bond acceptors (Lipinski definition) is 2. The molecule has 0 radical (unpaired) electrons. The van der Waals surface area contributed by atoms with Crippen LogP contribution in [0.25, 0.3) is 0 Å². The minimum atomic E-state index is -0.982. The molecule has 94 valence electrons. The predicted octanol–water partition coefficient (Wildman–Crippen LogP) is 1.57. The van der Waals surface area contributed by atoms with E-state index >= 15 is 0 Å². The van der Waals surface area contributed by atoms with Crippen molar-refractivity contribution < 1.29 is 14.7 Å². The van der Waals surface area contributed by atoms with Crippen LogP contribution in [-0.2, 0) is 4.79 Å². The second-order valence-electron chi connectivity index (χ2n) is 3.84. The summed E-state index contributed by atoms with van der Waals surface area (Å²) in [5, 5.41) is 11.7. The Labute approximate surface area is 106 Å². The lowest BCUT2D eigenvalue weighted by Crippen LogP contribution is -2.20. The molecule has 0 aromatic heterocycles. The molecule has 4 heteroatoms. The van der Waals surface area contributed by atoms with Crippen molar-refractivity contribution in [1.29, 1.82) is 0 Å². The minimum absolute atomic E-state index is 0.0982. The van der Waals surface area contributed by atoms with Gasteiger partial charge in [0.05, 0.1) is 5.56 Å². The SMILES string of the molecule is CC(=O)NCCC#Cc1c(C)cccc1C(=O)O. The first-order valence-corrected chi connectivity index (χ1v) is 5.58. The van der Waals surface area contributed by atoms with Crippen molar-refractivity contribution in [2.75, 3.05) is 6.54 Å². The molecule has 0 unspecified atom stereocenters. The Morgan fingerprint density at radius 1 is 1.39 bits per heavy atom. The molecule has 0 saturated carbocycles. The van der Waals surface area contributed by atoms with E-state index in [2.05, 4.69) is 17.2 Å². The van der Waals surface area contributed by atoms with Crippen molar-refractivity contribution >= 4 is 11.9 Å². The van der Waals surface area contributed by atoms with Gasteiger partial charge in [-0.15, -0.1) is 0 Å². The van der Waals surface area contributed by atoms with Crippen LogP contribution in [0.4, 0.5) is 0 Å². The van der Waals surface area contributed by atoms with Crippen LogP contribution in [0, 0.1) is 18.8 Å². The molecule has 2 N–H and O–H groups in total. The van der Waals surface area contributed by atoms with Gasteiger partial charge in [-0.05, 0) is 18.6 Å². The zero-order valence-electron chi connectivity index (χ0n) is 10.4. The van der Waals surface area contributed by atoms with E-state index < -0.39 is 5.97 Å². The molecular weight excluding hydrogens is 230 g/mol. The molecule has 1 rings (SSSR count). The van der Waals surface area contributed by atoms with E-state index in [9.17, 15) is 9.59 Å². The summed E-state index contributed by atoms with van der Waals surface area (Å²) >= 11 is 0. The van der Waals surface area contributed by atoms with Gasteiger partial charge in [-0.1, -0.05) is 24.0 Å². The molecule has 1 aromatic rings. The van der Waals surface area contributed by atoms with E-state index in [0.29, 0.717) is 18.5 Å². The molecule has 0 atom stereocenters. The van der Waals surface area contributed by atoms with Crippen molar-refractivity contribution in [1.82, 2.24) is 5.32 Å². The summed E-state index contributed by atoms with van der Waals surface area (Å²) in [7, 11) is 0. The number of rotatable bonds is 3. The second-order valence-corrected chi connectivity index (χ2v) is 3.84. The maximum Gasteiger partial charge on any atom is 0.336 e. The topological polar surface area (TPSA) is 66.4 Å². The fourth-order valence-corrected chi connectivity index (χ4v) is 1.46. The largest absolute Gasteiger partial charge is 0.478 e. The molecule has 0 spiro atoms. The molecule has 0 fully saturated rings. The lowest BCUT2D eigenvalue weighted by molar-refractivity contribution is -0.118. The highest BCUT2D eigenvalue weighted by atomic mass is 16.4. The Morgan fingerprint density at radius 3 is 2.72 bits per heavy atom. The Kier molecular flexibility index (Phi) is 4.94. The first-order valence-electron chi connectivity index (χ1n) is 5.58. The van der Waals surface area contributed by atoms with Gasteiger partial charge in [-0.3, -0.25) is 4.79 Å². The average Bonchev–Trinajstić information content (AvgIpc) is 2.29. The van der Waals surface area contributed by atoms with Crippen LogP contribution in [-0.4, -0.2) is 23.5 Å². The summed E-state index contributed by atoms with van der Waals surface area (Å²) in [5.74, 6) is 4.64. The van der Waals surface area contributed by atoms with Gasteiger partial charge < -0.3 is 10.4 Å². The first kappa shape index (κ1) is 13.8. The third-order valence-electron chi connectivity index (χ3n) is 2.34.